The molecule has 0 aliphatic carbocycles. The Bertz CT molecular complexity index is 90.4. The van der Waals surface area contributed by atoms with Gasteiger partial charge in [-0.1, -0.05) is 0 Å². The molecular weight excluding hydrogens is 104 g/mol. The van der Waals surface area contributed by atoms with Gasteiger partial charge in [-0.3, -0.25) is 5.41 Å². The normalized spacial score (nSPS) is 8.12. The Balaban J connectivity index is 3.18. The molecule has 0 radical (unpaired) electrons. The van der Waals surface area contributed by atoms with Crippen molar-refractivity contribution in [1.29, 1.82) is 10.8 Å². The molecule has 3 nitrogen and oxygen atoms in total. The summed E-state index contributed by atoms with van der Waals surface area (Å²) in [5, 5.41) is 13.5. The number of hydrogen-bond donors (Lipinski definition) is 2. The molecule has 0 heterocycles. The maximum atomic E-state index is 6.92. The average Bonchev–Trinajstić information content (AvgIpc) is 1.68. The quantitative estimate of drug-likeness (QED) is 0.418. The number of ether oxygens (including phenoxy) is 1. The first-order chi connectivity index (χ1) is 3.81. The van der Waals surface area contributed by atoms with Crippen molar-refractivity contribution < 1.29 is 4.74 Å². The van der Waals surface area contributed by atoms with E-state index in [1.807, 2.05) is 6.92 Å². The van der Waals surface area contributed by atoms with E-state index in [4.69, 9.17) is 15.6 Å². The smallest absolute Gasteiger partial charge is 0.185 e. The van der Waals surface area contributed by atoms with Crippen LogP contribution in [0.25, 0.3) is 0 Å². The highest BCUT2D eigenvalue weighted by molar-refractivity contribution is 5.86. The fourth-order valence-electron chi connectivity index (χ4n) is 0.326. The van der Waals surface area contributed by atoms with Crippen molar-refractivity contribution in [3.05, 3.63) is 0 Å². The van der Waals surface area contributed by atoms with Crippen LogP contribution >= 0.6 is 0 Å². The molecule has 0 unspecified atom stereocenters. The number of nitrogens with one attached hydrogen (secondary N) is 2. The second kappa shape index (κ2) is 4.30. The molecule has 0 saturated heterocycles. The van der Waals surface area contributed by atoms with E-state index >= 15 is 0 Å². The molecule has 0 aliphatic rings. The summed E-state index contributed by atoms with van der Waals surface area (Å²) in [6.07, 6.45) is 1.46. The molecule has 0 aromatic heterocycles. The molecule has 2 N–H and O–H groups in total. The monoisotopic (exact) mass is 114 g/mol. The van der Waals surface area contributed by atoms with E-state index in [0.29, 0.717) is 13.0 Å². The van der Waals surface area contributed by atoms with Gasteiger partial charge in [0.2, 0.25) is 0 Å². The van der Waals surface area contributed by atoms with Crippen molar-refractivity contribution >= 4 is 12.1 Å². The van der Waals surface area contributed by atoms with Crippen LogP contribution in [0.3, 0.4) is 0 Å². The van der Waals surface area contributed by atoms with Crippen LogP contribution in [0.4, 0.5) is 0 Å². The topological polar surface area (TPSA) is 56.9 Å². The van der Waals surface area contributed by atoms with Crippen molar-refractivity contribution in [2.45, 2.75) is 13.3 Å². The molecule has 0 aliphatic heterocycles. The highest BCUT2D eigenvalue weighted by atomic mass is 16.5. The molecular formula is C5H10N2O. The van der Waals surface area contributed by atoms with Gasteiger partial charge in [0.25, 0.3) is 0 Å². The number of rotatable bonds is 3. The summed E-state index contributed by atoms with van der Waals surface area (Å²) in [6, 6.07) is 0. The summed E-state index contributed by atoms with van der Waals surface area (Å²) in [5.74, 6) is 0.169. The minimum absolute atomic E-state index is 0.169. The van der Waals surface area contributed by atoms with Crippen LogP contribution < -0.4 is 0 Å². The van der Waals surface area contributed by atoms with E-state index < -0.39 is 0 Å². The van der Waals surface area contributed by atoms with Crippen molar-refractivity contribution in [2.24, 2.45) is 0 Å². The summed E-state index contributed by atoms with van der Waals surface area (Å²) < 4.78 is 4.71. The van der Waals surface area contributed by atoms with E-state index in [1.165, 1.54) is 0 Å². The molecule has 0 aromatic rings. The van der Waals surface area contributed by atoms with Gasteiger partial charge >= 0.3 is 0 Å². The Morgan fingerprint density at radius 3 is 2.75 bits per heavy atom. The van der Waals surface area contributed by atoms with Crippen LogP contribution in [0, 0.1) is 10.8 Å². The molecule has 0 bridgehead atoms. The first kappa shape index (κ1) is 7.14. The highest BCUT2D eigenvalue weighted by Gasteiger charge is 1.88. The third-order valence-electron chi connectivity index (χ3n) is 0.606. The Labute approximate surface area is 48.7 Å². The summed E-state index contributed by atoms with van der Waals surface area (Å²) in [6.45, 7) is 2.34. The van der Waals surface area contributed by atoms with E-state index in [0.717, 1.165) is 6.21 Å². The molecule has 0 spiro atoms. The molecule has 8 heavy (non-hydrogen) atoms. The van der Waals surface area contributed by atoms with Crippen molar-refractivity contribution in [3.8, 4) is 0 Å². The molecule has 0 amide bonds. The zero-order chi connectivity index (χ0) is 6.41. The average molecular weight is 114 g/mol. The van der Waals surface area contributed by atoms with Crippen LogP contribution in [0.5, 0.6) is 0 Å². The van der Waals surface area contributed by atoms with E-state index in [1.54, 1.807) is 0 Å². The maximum absolute atomic E-state index is 6.92. The molecule has 3 heteroatoms. The lowest BCUT2D eigenvalue weighted by molar-refractivity contribution is 0.319. The van der Waals surface area contributed by atoms with Gasteiger partial charge in [-0.05, 0) is 6.92 Å². The summed E-state index contributed by atoms with van der Waals surface area (Å²) in [5.41, 5.74) is 0. The largest absolute Gasteiger partial charge is 0.481 e. The van der Waals surface area contributed by atoms with E-state index in [2.05, 4.69) is 0 Å². The van der Waals surface area contributed by atoms with Crippen molar-refractivity contribution in [2.75, 3.05) is 6.61 Å². The van der Waals surface area contributed by atoms with Gasteiger partial charge in [-0.25, -0.2) is 0 Å². The zero-order valence-electron chi connectivity index (χ0n) is 4.90. The first-order valence-corrected chi connectivity index (χ1v) is 2.50. The van der Waals surface area contributed by atoms with Crippen molar-refractivity contribution in [1.82, 2.24) is 0 Å². The predicted molar refractivity (Wildman–Crippen MR) is 32.8 cm³/mol. The lowest BCUT2D eigenvalue weighted by Gasteiger charge is -1.98. The molecule has 0 aromatic carbocycles. The van der Waals surface area contributed by atoms with Gasteiger partial charge in [0, 0.05) is 6.21 Å². The van der Waals surface area contributed by atoms with E-state index in [-0.39, 0.29) is 5.90 Å². The SMILES string of the molecule is CCOC(=N)CC=N. The fourth-order valence-corrected chi connectivity index (χ4v) is 0.326. The Morgan fingerprint density at radius 1 is 1.75 bits per heavy atom. The standard InChI is InChI=1S/C5H10N2O/c1-2-8-5(7)3-4-6/h4,6-7H,2-3H2,1H3. The maximum Gasteiger partial charge on any atom is 0.185 e. The molecule has 0 atom stereocenters. The minimum atomic E-state index is 0.169. The minimum Gasteiger partial charge on any atom is -0.481 e. The predicted octanol–water partition coefficient (Wildman–Crippen LogP) is 1.04. The van der Waals surface area contributed by atoms with Gasteiger partial charge in [0.15, 0.2) is 5.90 Å². The second-order valence-corrected chi connectivity index (χ2v) is 1.26. The lowest BCUT2D eigenvalue weighted by atomic mass is 10.5. The van der Waals surface area contributed by atoms with Crippen LogP contribution in [0.15, 0.2) is 0 Å². The van der Waals surface area contributed by atoms with Gasteiger partial charge in [0.05, 0.1) is 13.0 Å². The third kappa shape index (κ3) is 3.33. The second-order valence-electron chi connectivity index (χ2n) is 1.26. The van der Waals surface area contributed by atoms with Crippen LogP contribution in [-0.4, -0.2) is 18.7 Å². The van der Waals surface area contributed by atoms with Gasteiger partial charge < -0.3 is 10.1 Å². The Morgan fingerprint density at radius 2 is 2.38 bits per heavy atom. The summed E-state index contributed by atoms with van der Waals surface area (Å²) in [7, 11) is 0. The zero-order valence-corrected chi connectivity index (χ0v) is 4.90. The van der Waals surface area contributed by atoms with Gasteiger partial charge in [-0.15, -0.1) is 0 Å². The third-order valence-corrected chi connectivity index (χ3v) is 0.606. The highest BCUT2D eigenvalue weighted by Crippen LogP contribution is 1.80. The first-order valence-electron chi connectivity index (χ1n) is 2.50. The lowest BCUT2D eigenvalue weighted by Crippen LogP contribution is -2.01. The van der Waals surface area contributed by atoms with Crippen LogP contribution in [0.1, 0.15) is 13.3 Å². The fraction of sp³-hybridized carbons (Fsp3) is 0.600. The van der Waals surface area contributed by atoms with Crippen LogP contribution in [0.2, 0.25) is 0 Å². The van der Waals surface area contributed by atoms with Gasteiger partial charge in [0.1, 0.15) is 0 Å². The molecule has 46 valence electrons. The number of hydrogen-bond acceptors (Lipinski definition) is 3. The summed E-state index contributed by atoms with van der Waals surface area (Å²) in [4.78, 5) is 0. The van der Waals surface area contributed by atoms with Gasteiger partial charge in [-0.2, -0.15) is 0 Å². The van der Waals surface area contributed by atoms with E-state index in [9.17, 15) is 0 Å². The molecule has 0 rings (SSSR count). The Hall–Kier alpha value is -0.860. The molecule has 0 fully saturated rings. The van der Waals surface area contributed by atoms with Crippen LogP contribution in [-0.2, 0) is 4.74 Å². The Kier molecular flexibility index (Phi) is 3.84. The summed E-state index contributed by atoms with van der Waals surface area (Å²) >= 11 is 0. The molecule has 0 saturated carbocycles. The van der Waals surface area contributed by atoms with Crippen molar-refractivity contribution in [3.63, 3.8) is 0 Å².